The second kappa shape index (κ2) is 13.3. The van der Waals surface area contributed by atoms with Gasteiger partial charge in [-0.05, 0) is 75.4 Å². The first-order chi connectivity index (χ1) is 21.0. The van der Waals surface area contributed by atoms with Crippen molar-refractivity contribution in [3.8, 4) is 0 Å². The third kappa shape index (κ3) is 6.64. The maximum absolute atomic E-state index is 14.0. The number of pyridine rings is 1. The second-order valence-electron chi connectivity index (χ2n) is 12.5. The number of likely N-dealkylation sites (N-methyl/N-ethyl adjacent to an activating group) is 1. The Bertz CT molecular complexity index is 1270. The summed E-state index contributed by atoms with van der Waals surface area (Å²) in [5, 5.41) is 3.01. The number of carbonyl (C=O) groups excluding carboxylic acids is 3. The summed E-state index contributed by atoms with van der Waals surface area (Å²) >= 11 is 0. The van der Waals surface area contributed by atoms with Crippen LogP contribution in [0.2, 0.25) is 0 Å². The van der Waals surface area contributed by atoms with Gasteiger partial charge in [0.25, 0.3) is 0 Å². The number of anilines is 2. The molecule has 4 amide bonds. The maximum Gasteiger partial charge on any atom is 0.322 e. The topological polar surface area (TPSA) is 92.3 Å². The minimum absolute atomic E-state index is 0.0112. The van der Waals surface area contributed by atoms with Crippen molar-refractivity contribution in [2.45, 2.75) is 76.0 Å². The predicted molar refractivity (Wildman–Crippen MR) is 167 cm³/mol. The summed E-state index contributed by atoms with van der Waals surface area (Å²) in [7, 11) is 1.87. The van der Waals surface area contributed by atoms with Gasteiger partial charge >= 0.3 is 6.03 Å². The van der Waals surface area contributed by atoms with Gasteiger partial charge in [0.1, 0.15) is 11.9 Å². The fraction of sp³-hybridized carbons (Fsp3) is 0.576. The number of benzene rings is 1. The van der Waals surface area contributed by atoms with E-state index in [1.54, 1.807) is 6.20 Å². The highest BCUT2D eigenvalue weighted by molar-refractivity contribution is 5.93. The van der Waals surface area contributed by atoms with Gasteiger partial charge in [-0.15, -0.1) is 0 Å². The summed E-state index contributed by atoms with van der Waals surface area (Å²) in [4.78, 5) is 55.3. The van der Waals surface area contributed by atoms with E-state index in [4.69, 9.17) is 0 Å². The molecule has 0 saturated carbocycles. The Balaban J connectivity index is 1.08. The first kappa shape index (κ1) is 29.4. The minimum Gasteiger partial charge on any atom is -0.347 e. The molecule has 1 aromatic carbocycles. The number of urea groups is 1. The molecular weight excluding hydrogens is 542 g/mol. The quantitative estimate of drug-likeness (QED) is 0.530. The molecule has 5 heterocycles. The number of nitrogens with zero attached hydrogens (tertiary/aromatic N) is 6. The van der Waals surface area contributed by atoms with E-state index in [2.05, 4.69) is 15.2 Å². The van der Waals surface area contributed by atoms with E-state index >= 15 is 0 Å². The first-order valence-electron chi connectivity index (χ1n) is 16.1. The number of rotatable bonds is 7. The van der Waals surface area contributed by atoms with Crippen molar-refractivity contribution < 1.29 is 14.4 Å². The second-order valence-corrected chi connectivity index (χ2v) is 12.5. The zero-order valence-corrected chi connectivity index (χ0v) is 25.4. The average molecular weight is 588 g/mol. The Kier molecular flexibility index (Phi) is 9.11. The molecule has 230 valence electrons. The number of hydrogen-bond acceptors (Lipinski definition) is 6. The molecule has 4 aliphatic heterocycles. The zero-order chi connectivity index (χ0) is 29.8. The van der Waals surface area contributed by atoms with Crippen molar-refractivity contribution in [3.05, 3.63) is 54.2 Å². The van der Waals surface area contributed by atoms with Gasteiger partial charge in [0.2, 0.25) is 11.8 Å². The predicted octanol–water partition coefficient (Wildman–Crippen LogP) is 3.79. The van der Waals surface area contributed by atoms with Gasteiger partial charge in [0.15, 0.2) is 0 Å². The molecule has 1 N–H and O–H groups in total. The van der Waals surface area contributed by atoms with E-state index < -0.39 is 6.04 Å². The highest BCUT2D eigenvalue weighted by Crippen LogP contribution is 2.28. The fourth-order valence-electron chi connectivity index (χ4n) is 7.30. The van der Waals surface area contributed by atoms with Crippen molar-refractivity contribution in [3.63, 3.8) is 0 Å². The van der Waals surface area contributed by atoms with Crippen molar-refractivity contribution in [2.75, 3.05) is 56.5 Å². The lowest BCUT2D eigenvalue weighted by Gasteiger charge is -2.42. The van der Waals surface area contributed by atoms with Crippen LogP contribution in [0.5, 0.6) is 0 Å². The van der Waals surface area contributed by atoms with Crippen molar-refractivity contribution in [1.82, 2.24) is 24.6 Å². The summed E-state index contributed by atoms with van der Waals surface area (Å²) in [5.74, 6) is 0.681. The third-order valence-electron chi connectivity index (χ3n) is 9.93. The van der Waals surface area contributed by atoms with Gasteiger partial charge in [0.05, 0.1) is 6.42 Å². The molecule has 3 saturated heterocycles. The first-order valence-corrected chi connectivity index (χ1v) is 16.1. The van der Waals surface area contributed by atoms with Crippen LogP contribution in [0.1, 0.15) is 56.9 Å². The normalized spacial score (nSPS) is 21.2. The largest absolute Gasteiger partial charge is 0.347 e. The lowest BCUT2D eigenvalue weighted by Crippen LogP contribution is -2.55. The zero-order valence-electron chi connectivity index (χ0n) is 25.4. The van der Waals surface area contributed by atoms with E-state index in [0.29, 0.717) is 31.5 Å². The van der Waals surface area contributed by atoms with E-state index in [0.717, 1.165) is 50.0 Å². The summed E-state index contributed by atoms with van der Waals surface area (Å²) in [6, 6.07) is 13.5. The van der Waals surface area contributed by atoms with Crippen LogP contribution in [-0.2, 0) is 16.1 Å². The van der Waals surface area contributed by atoms with E-state index in [1.165, 1.54) is 32.4 Å². The van der Waals surface area contributed by atoms with Crippen LogP contribution in [0.4, 0.5) is 16.3 Å². The van der Waals surface area contributed by atoms with E-state index in [-0.39, 0.29) is 30.3 Å². The molecular formula is C33H45N7O3. The van der Waals surface area contributed by atoms with Gasteiger partial charge < -0.3 is 29.8 Å². The molecule has 43 heavy (non-hydrogen) atoms. The number of likely N-dealkylation sites (tertiary alicyclic amines) is 3. The van der Waals surface area contributed by atoms with Crippen LogP contribution in [0.25, 0.3) is 0 Å². The Labute approximate surface area is 255 Å². The number of carbonyl (C=O) groups is 3. The van der Waals surface area contributed by atoms with Crippen molar-refractivity contribution >= 4 is 29.4 Å². The number of amides is 4. The summed E-state index contributed by atoms with van der Waals surface area (Å²) in [6.07, 6.45) is 9.12. The molecule has 6 rings (SSSR count). The minimum atomic E-state index is -0.615. The van der Waals surface area contributed by atoms with Gasteiger partial charge in [-0.1, -0.05) is 30.7 Å². The van der Waals surface area contributed by atoms with Crippen molar-refractivity contribution in [1.29, 1.82) is 0 Å². The number of hydrogen-bond donors (Lipinski definition) is 1. The summed E-state index contributed by atoms with van der Waals surface area (Å²) in [6.45, 7) is 5.53. The van der Waals surface area contributed by atoms with Gasteiger partial charge in [-0.25, -0.2) is 9.78 Å². The smallest absolute Gasteiger partial charge is 0.322 e. The molecule has 3 fully saturated rings. The molecule has 0 aliphatic carbocycles. The number of piperidine rings is 3. The van der Waals surface area contributed by atoms with Crippen LogP contribution in [0, 0.1) is 0 Å². The lowest BCUT2D eigenvalue weighted by atomic mass is 9.98. The third-order valence-corrected chi connectivity index (χ3v) is 9.93. The number of aromatic nitrogens is 1. The molecule has 0 radical (unpaired) electrons. The monoisotopic (exact) mass is 587 g/mol. The fourth-order valence-corrected chi connectivity index (χ4v) is 7.30. The van der Waals surface area contributed by atoms with Gasteiger partial charge in [-0.3, -0.25) is 9.59 Å². The molecule has 0 spiro atoms. The van der Waals surface area contributed by atoms with Crippen molar-refractivity contribution in [2.24, 2.45) is 0 Å². The van der Waals surface area contributed by atoms with Crippen LogP contribution < -0.4 is 10.2 Å². The van der Waals surface area contributed by atoms with Crippen LogP contribution in [0.15, 0.2) is 48.7 Å². The van der Waals surface area contributed by atoms with Crippen LogP contribution >= 0.6 is 0 Å². The molecule has 10 heteroatoms. The number of fused-ring (bicyclic) bond motifs is 1. The highest BCUT2D eigenvalue weighted by atomic mass is 16.2. The van der Waals surface area contributed by atoms with Gasteiger partial charge in [-0.2, -0.15) is 0 Å². The SMILES string of the molecule is CN(c1ccccn1)C(CC(=O)N1CCC(N2Cc3ccccc3NC2=O)CC1)C(=O)N1CCC(N2CCCCC2)CC1. The molecule has 10 nitrogen and oxygen atoms in total. The maximum atomic E-state index is 14.0. The summed E-state index contributed by atoms with van der Waals surface area (Å²) < 4.78 is 0. The molecule has 2 aromatic rings. The summed E-state index contributed by atoms with van der Waals surface area (Å²) in [5.41, 5.74) is 1.99. The molecule has 1 unspecified atom stereocenters. The number of nitrogens with one attached hydrogen (secondary N) is 1. The Morgan fingerprint density at radius 1 is 0.884 bits per heavy atom. The van der Waals surface area contributed by atoms with Gasteiger partial charge in [0, 0.05) is 63.7 Å². The Morgan fingerprint density at radius 3 is 2.28 bits per heavy atom. The molecule has 1 atom stereocenters. The van der Waals surface area contributed by atoms with Crippen LogP contribution in [0.3, 0.4) is 0 Å². The van der Waals surface area contributed by atoms with Crippen LogP contribution in [-0.4, -0.2) is 107 Å². The standard InChI is InChI=1S/C33H45N7O3/c1-36(30-11-5-6-16-34-30)29(32(42)39-21-12-26(13-22-39)37-17-7-2-8-18-37)23-31(41)38-19-14-27(15-20-38)40-24-25-9-3-4-10-28(25)35-33(40)43/h3-6,9-11,16,26-27,29H,2,7-8,12-15,17-24H2,1H3,(H,35,43). The number of para-hydroxylation sites is 1. The van der Waals surface area contributed by atoms with E-state index in [1.807, 2.05) is 69.1 Å². The van der Waals surface area contributed by atoms with E-state index in [9.17, 15) is 14.4 Å². The molecule has 4 aliphatic rings. The highest BCUT2D eigenvalue weighted by Gasteiger charge is 2.37. The Morgan fingerprint density at radius 2 is 1.56 bits per heavy atom. The average Bonchev–Trinajstić information content (AvgIpc) is 3.07. The Hall–Kier alpha value is -3.66. The lowest BCUT2D eigenvalue weighted by molar-refractivity contribution is -0.140. The molecule has 0 bridgehead atoms. The molecule has 1 aromatic heterocycles.